The van der Waals surface area contributed by atoms with Crippen molar-refractivity contribution in [3.63, 3.8) is 0 Å². The average molecular weight is 525 g/mol. The van der Waals surface area contributed by atoms with Crippen LogP contribution in [0.5, 0.6) is 0 Å². The van der Waals surface area contributed by atoms with E-state index in [0.29, 0.717) is 19.6 Å². The number of fused-ring (bicyclic) bond motifs is 4. The van der Waals surface area contributed by atoms with Crippen LogP contribution in [-0.2, 0) is 35.4 Å². The van der Waals surface area contributed by atoms with E-state index >= 15 is 0 Å². The normalized spacial score (nSPS) is 24.0. The van der Waals surface area contributed by atoms with Crippen molar-refractivity contribution in [2.45, 2.75) is 38.1 Å². The van der Waals surface area contributed by atoms with Crippen LogP contribution in [0.15, 0.2) is 53.3 Å². The van der Waals surface area contributed by atoms with E-state index in [2.05, 4.69) is 35.2 Å². The van der Waals surface area contributed by atoms with Gasteiger partial charge in [0, 0.05) is 58.0 Å². The predicted molar refractivity (Wildman–Crippen MR) is 146 cm³/mol. The lowest BCUT2D eigenvalue weighted by Gasteiger charge is -2.48. The average Bonchev–Trinajstić information content (AvgIpc) is 3.36. The number of nitrogens with zero attached hydrogens (tertiary/aromatic N) is 4. The molecule has 7 rings (SSSR count). The Morgan fingerprint density at radius 1 is 0.821 bits per heavy atom. The minimum atomic E-state index is -1.42. The Bertz CT molecular complexity index is 1590. The van der Waals surface area contributed by atoms with Crippen LogP contribution in [-0.4, -0.2) is 70.8 Å². The fourth-order valence-electron chi connectivity index (χ4n) is 7.77. The van der Waals surface area contributed by atoms with E-state index < -0.39 is 23.3 Å². The van der Waals surface area contributed by atoms with Crippen molar-refractivity contribution in [1.29, 1.82) is 0 Å². The van der Waals surface area contributed by atoms with E-state index in [0.717, 1.165) is 45.7 Å². The molecule has 2 fully saturated rings. The van der Waals surface area contributed by atoms with Crippen molar-refractivity contribution in [1.82, 2.24) is 19.3 Å². The van der Waals surface area contributed by atoms with Crippen molar-refractivity contribution in [3.8, 4) is 0 Å². The number of barbiturate groups is 1. The lowest BCUT2D eigenvalue weighted by Crippen LogP contribution is -2.67. The number of hydrogen-bond acceptors (Lipinski definition) is 5. The maximum absolute atomic E-state index is 14.0. The maximum atomic E-state index is 14.0. The first kappa shape index (κ1) is 24.3. The summed E-state index contributed by atoms with van der Waals surface area (Å²) >= 11 is 0. The summed E-state index contributed by atoms with van der Waals surface area (Å²) in [7, 11) is 2.95. The van der Waals surface area contributed by atoms with Gasteiger partial charge in [-0.15, -0.1) is 0 Å². The molecule has 2 atom stereocenters. The number of aryl methyl sites for hydroxylation is 2. The molecule has 4 heterocycles. The molecule has 8 heteroatoms. The van der Waals surface area contributed by atoms with Crippen LogP contribution in [0.1, 0.15) is 34.7 Å². The van der Waals surface area contributed by atoms with Crippen molar-refractivity contribution < 1.29 is 14.4 Å². The van der Waals surface area contributed by atoms with Crippen LogP contribution < -0.4 is 5.56 Å². The highest BCUT2D eigenvalue weighted by atomic mass is 16.2. The Labute approximate surface area is 226 Å². The Morgan fingerprint density at radius 2 is 1.54 bits per heavy atom. The van der Waals surface area contributed by atoms with Gasteiger partial charge in [0.15, 0.2) is 0 Å². The third kappa shape index (κ3) is 3.54. The number of urea groups is 1. The summed E-state index contributed by atoms with van der Waals surface area (Å²) < 4.78 is 1.88. The zero-order valence-electron chi connectivity index (χ0n) is 22.4. The van der Waals surface area contributed by atoms with Gasteiger partial charge in [-0.25, -0.2) is 4.79 Å². The topological polar surface area (TPSA) is 82.9 Å². The monoisotopic (exact) mass is 524 g/mol. The molecule has 2 aromatic carbocycles. The quantitative estimate of drug-likeness (QED) is 0.491. The number of benzene rings is 2. The van der Waals surface area contributed by atoms with Crippen LogP contribution in [0.4, 0.5) is 4.79 Å². The van der Waals surface area contributed by atoms with Crippen LogP contribution in [0.2, 0.25) is 0 Å². The number of carbonyl (C=O) groups excluding carboxylic acids is 3. The number of imide groups is 2. The number of carbonyl (C=O) groups is 3. The molecule has 3 aliphatic heterocycles. The summed E-state index contributed by atoms with van der Waals surface area (Å²) in [6, 6.07) is 15.4. The van der Waals surface area contributed by atoms with Gasteiger partial charge in [0.2, 0.25) is 11.8 Å². The number of rotatable bonds is 4. The molecular weight excluding hydrogens is 492 g/mol. The summed E-state index contributed by atoms with van der Waals surface area (Å²) in [5.74, 6) is -0.459. The molecular formula is C31H32N4O4. The van der Waals surface area contributed by atoms with Crippen molar-refractivity contribution in [2.24, 2.45) is 11.3 Å². The van der Waals surface area contributed by atoms with Gasteiger partial charge in [0.1, 0.15) is 5.41 Å². The van der Waals surface area contributed by atoms with Crippen molar-refractivity contribution >= 4 is 28.6 Å². The summed E-state index contributed by atoms with van der Waals surface area (Å²) in [5.41, 5.74) is 3.21. The van der Waals surface area contributed by atoms with Crippen molar-refractivity contribution in [2.75, 3.05) is 33.7 Å². The van der Waals surface area contributed by atoms with Crippen LogP contribution in [0.3, 0.4) is 0 Å². The van der Waals surface area contributed by atoms with E-state index in [-0.39, 0.29) is 30.4 Å². The van der Waals surface area contributed by atoms with E-state index in [4.69, 9.17) is 0 Å². The molecule has 0 unspecified atom stereocenters. The summed E-state index contributed by atoms with van der Waals surface area (Å²) in [4.78, 5) is 57.8. The number of pyridine rings is 1. The lowest BCUT2D eigenvalue weighted by atomic mass is 9.74. The molecule has 0 saturated carbocycles. The second kappa shape index (κ2) is 8.61. The Kier molecular flexibility index (Phi) is 5.36. The highest BCUT2D eigenvalue weighted by Gasteiger charge is 2.56. The molecule has 8 nitrogen and oxygen atoms in total. The fraction of sp³-hybridized carbons (Fsp3) is 0.419. The molecule has 1 aromatic heterocycles. The fourth-order valence-corrected chi connectivity index (χ4v) is 7.77. The number of amides is 4. The van der Waals surface area contributed by atoms with E-state index in [9.17, 15) is 19.2 Å². The molecule has 1 aliphatic carbocycles. The largest absolute Gasteiger partial charge is 0.332 e. The number of piperidine rings is 1. The van der Waals surface area contributed by atoms with Gasteiger partial charge in [0.25, 0.3) is 5.56 Å². The van der Waals surface area contributed by atoms with Gasteiger partial charge in [0.05, 0.1) is 0 Å². The molecule has 39 heavy (non-hydrogen) atoms. The van der Waals surface area contributed by atoms with Crippen LogP contribution >= 0.6 is 0 Å². The number of aromatic nitrogens is 1. The highest BCUT2D eigenvalue weighted by Crippen LogP contribution is 2.41. The van der Waals surface area contributed by atoms with Gasteiger partial charge in [-0.3, -0.25) is 24.2 Å². The summed E-state index contributed by atoms with van der Waals surface area (Å²) in [5, 5.41) is 2.33. The number of hydrogen-bond donors (Lipinski definition) is 0. The minimum Gasteiger partial charge on any atom is -0.312 e. The van der Waals surface area contributed by atoms with Crippen LogP contribution in [0.25, 0.3) is 10.8 Å². The Hall–Kier alpha value is -3.78. The first-order valence-electron chi connectivity index (χ1n) is 13.8. The van der Waals surface area contributed by atoms with Gasteiger partial charge >= 0.3 is 6.03 Å². The van der Waals surface area contributed by atoms with E-state index in [1.165, 1.54) is 30.6 Å². The molecule has 2 bridgehead atoms. The van der Waals surface area contributed by atoms with Gasteiger partial charge in [-0.1, -0.05) is 36.4 Å². The Morgan fingerprint density at radius 3 is 2.31 bits per heavy atom. The Balaban J connectivity index is 1.30. The number of likely N-dealkylation sites (tertiary alicyclic amines) is 1. The smallest absolute Gasteiger partial charge is 0.312 e. The standard InChI is InChI=1S/C31H32N4O4/c1-32-28(37)31(29(38)33(2)30(32)39,14-22-12-11-21-10-9-20-5-3-6-24(22)27(20)21)18-34-15-19-13-23(17-34)25-7-4-8-26(36)35(25)16-19/h3-8,11-12,19,23H,9-10,13-18H2,1-2H3/t19-,23+/m0/s1. The highest BCUT2D eigenvalue weighted by molar-refractivity contribution is 6.19. The van der Waals surface area contributed by atoms with E-state index in [1.54, 1.807) is 6.07 Å². The zero-order valence-corrected chi connectivity index (χ0v) is 22.4. The summed E-state index contributed by atoms with van der Waals surface area (Å²) in [6.07, 6.45) is 3.22. The van der Waals surface area contributed by atoms with E-state index in [1.807, 2.05) is 16.7 Å². The third-order valence-corrected chi connectivity index (χ3v) is 9.51. The molecule has 200 valence electrons. The summed E-state index contributed by atoms with van der Waals surface area (Å²) in [6.45, 7) is 2.24. The molecule has 0 radical (unpaired) electrons. The molecule has 2 saturated heterocycles. The minimum absolute atomic E-state index is 0.0265. The van der Waals surface area contributed by atoms with Gasteiger partial charge in [-0.2, -0.15) is 0 Å². The second-order valence-corrected chi connectivity index (χ2v) is 11.9. The molecule has 4 amide bonds. The van der Waals surface area contributed by atoms with Gasteiger partial charge < -0.3 is 9.47 Å². The molecule has 4 aliphatic rings. The molecule has 0 spiro atoms. The first-order chi connectivity index (χ1) is 18.8. The molecule has 0 N–H and O–H groups in total. The van der Waals surface area contributed by atoms with Crippen molar-refractivity contribution in [3.05, 3.63) is 81.3 Å². The van der Waals surface area contributed by atoms with Gasteiger partial charge in [-0.05, 0) is 65.1 Å². The third-order valence-electron chi connectivity index (χ3n) is 9.51. The maximum Gasteiger partial charge on any atom is 0.332 e. The van der Waals surface area contributed by atoms with Crippen LogP contribution in [0, 0.1) is 11.3 Å². The molecule has 3 aromatic rings. The second-order valence-electron chi connectivity index (χ2n) is 11.9. The predicted octanol–water partition coefficient (Wildman–Crippen LogP) is 2.80. The first-order valence-corrected chi connectivity index (χ1v) is 13.8. The SMILES string of the molecule is CN1C(=O)N(C)C(=O)C(Cc2ccc3c4c(cccc24)CC3)(CN2C[C@@H]3C[C@H](C2)c2cccc(=O)n2C3)C1=O. The lowest BCUT2D eigenvalue weighted by molar-refractivity contribution is -0.159. The zero-order chi connectivity index (χ0) is 27.1.